The van der Waals surface area contributed by atoms with Crippen LogP contribution in [0.5, 0.6) is 5.88 Å². The lowest BCUT2D eigenvalue weighted by Crippen LogP contribution is -2.37. The van der Waals surface area contributed by atoms with Gasteiger partial charge in [-0.3, -0.25) is 9.88 Å². The lowest BCUT2D eigenvalue weighted by molar-refractivity contribution is 0.152. The van der Waals surface area contributed by atoms with E-state index < -0.39 is 0 Å². The number of rotatable bonds is 3. The predicted molar refractivity (Wildman–Crippen MR) is 102 cm³/mol. The molecule has 2 aromatic heterocycles. The van der Waals surface area contributed by atoms with Crippen LogP contribution in [-0.2, 0) is 6.42 Å². The van der Waals surface area contributed by atoms with E-state index in [4.69, 9.17) is 4.74 Å². The van der Waals surface area contributed by atoms with Gasteiger partial charge in [-0.25, -0.2) is 4.98 Å². The Morgan fingerprint density at radius 2 is 2.00 bits per heavy atom. The number of fused-ring (bicyclic) bond motifs is 1. The minimum absolute atomic E-state index is 0.189. The molecule has 1 unspecified atom stereocenters. The second-order valence-corrected chi connectivity index (χ2v) is 7.38. The highest BCUT2D eigenvalue weighted by molar-refractivity contribution is 5.46. The molecule has 0 aromatic carbocycles. The zero-order valence-corrected chi connectivity index (χ0v) is 15.9. The summed E-state index contributed by atoms with van der Waals surface area (Å²) in [5, 5.41) is 0. The van der Waals surface area contributed by atoms with Gasteiger partial charge in [0, 0.05) is 68.0 Å². The average Bonchev–Trinajstić information content (AvgIpc) is 2.85. The molecule has 0 N–H and O–H groups in total. The Morgan fingerprint density at radius 3 is 2.85 bits per heavy atom. The standard InChI is InChI=1S/C20H27N5O/c1-14-11-17(5-6-21-14)25-8-4-7-24(9-10-25)13-18-12-19-15(2)22-16(3)23-20(19)26-18/h5-6,11,18H,4,7-10,12-13H2,1-3H3. The van der Waals surface area contributed by atoms with Crippen LogP contribution >= 0.6 is 0 Å². The highest BCUT2D eigenvalue weighted by Crippen LogP contribution is 2.29. The van der Waals surface area contributed by atoms with Gasteiger partial charge in [0.05, 0.1) is 0 Å². The molecule has 0 saturated carbocycles. The van der Waals surface area contributed by atoms with E-state index in [0.29, 0.717) is 0 Å². The molecule has 0 aliphatic carbocycles. The van der Waals surface area contributed by atoms with Gasteiger partial charge in [0.25, 0.3) is 0 Å². The summed E-state index contributed by atoms with van der Waals surface area (Å²) < 4.78 is 6.12. The van der Waals surface area contributed by atoms with Gasteiger partial charge in [0.15, 0.2) is 0 Å². The van der Waals surface area contributed by atoms with Crippen molar-refractivity contribution < 1.29 is 4.74 Å². The second kappa shape index (κ2) is 7.19. The molecule has 4 heterocycles. The topological polar surface area (TPSA) is 54.4 Å². The number of pyridine rings is 1. The number of nitrogens with zero attached hydrogens (tertiary/aromatic N) is 5. The normalized spacial score (nSPS) is 20.6. The predicted octanol–water partition coefficient (Wildman–Crippen LogP) is 2.31. The molecule has 1 saturated heterocycles. The zero-order chi connectivity index (χ0) is 18.1. The van der Waals surface area contributed by atoms with E-state index in [-0.39, 0.29) is 6.10 Å². The fourth-order valence-corrected chi connectivity index (χ4v) is 3.99. The first kappa shape index (κ1) is 17.2. The molecule has 6 nitrogen and oxygen atoms in total. The molecule has 2 aromatic rings. The van der Waals surface area contributed by atoms with Crippen LogP contribution in [-0.4, -0.2) is 58.7 Å². The van der Waals surface area contributed by atoms with Crippen LogP contribution < -0.4 is 9.64 Å². The summed E-state index contributed by atoms with van der Waals surface area (Å²) in [6, 6.07) is 4.29. The maximum absolute atomic E-state index is 6.12. The summed E-state index contributed by atoms with van der Waals surface area (Å²) in [4.78, 5) is 18.3. The van der Waals surface area contributed by atoms with Gasteiger partial charge in [-0.15, -0.1) is 0 Å². The van der Waals surface area contributed by atoms with Crippen LogP contribution in [0.25, 0.3) is 0 Å². The lowest BCUT2D eigenvalue weighted by atomic mass is 10.1. The van der Waals surface area contributed by atoms with E-state index in [0.717, 1.165) is 62.2 Å². The molecule has 1 atom stereocenters. The molecule has 1 fully saturated rings. The van der Waals surface area contributed by atoms with Gasteiger partial charge in [-0.05, 0) is 39.3 Å². The first-order valence-electron chi connectivity index (χ1n) is 9.49. The Bertz CT molecular complexity index is 794. The molecule has 0 radical (unpaired) electrons. The number of aromatic nitrogens is 3. The number of hydrogen-bond donors (Lipinski definition) is 0. The van der Waals surface area contributed by atoms with E-state index in [1.807, 2.05) is 13.1 Å². The third-order valence-corrected chi connectivity index (χ3v) is 5.29. The smallest absolute Gasteiger partial charge is 0.220 e. The van der Waals surface area contributed by atoms with Gasteiger partial charge in [-0.2, -0.15) is 4.98 Å². The third kappa shape index (κ3) is 3.65. The summed E-state index contributed by atoms with van der Waals surface area (Å²) >= 11 is 0. The van der Waals surface area contributed by atoms with Crippen LogP contribution in [0.4, 0.5) is 5.69 Å². The highest BCUT2D eigenvalue weighted by Gasteiger charge is 2.29. The number of hydrogen-bond acceptors (Lipinski definition) is 6. The zero-order valence-electron chi connectivity index (χ0n) is 15.9. The first-order valence-corrected chi connectivity index (χ1v) is 9.49. The molecular weight excluding hydrogens is 326 g/mol. The molecule has 0 bridgehead atoms. The summed E-state index contributed by atoms with van der Waals surface area (Å²) in [6.07, 6.45) is 4.18. The van der Waals surface area contributed by atoms with Gasteiger partial charge in [0.1, 0.15) is 11.9 Å². The van der Waals surface area contributed by atoms with Crippen molar-refractivity contribution in [2.24, 2.45) is 0 Å². The lowest BCUT2D eigenvalue weighted by Gasteiger charge is -2.25. The van der Waals surface area contributed by atoms with Crippen LogP contribution in [0.1, 0.15) is 29.2 Å². The molecule has 138 valence electrons. The Hall–Kier alpha value is -2.21. The largest absolute Gasteiger partial charge is 0.472 e. The molecule has 0 spiro atoms. The molecule has 2 aliphatic heterocycles. The second-order valence-electron chi connectivity index (χ2n) is 7.38. The van der Waals surface area contributed by atoms with Gasteiger partial charge in [0.2, 0.25) is 5.88 Å². The summed E-state index contributed by atoms with van der Waals surface area (Å²) in [5.41, 5.74) is 4.60. The fraction of sp³-hybridized carbons (Fsp3) is 0.550. The van der Waals surface area contributed by atoms with Crippen molar-refractivity contribution in [3.8, 4) is 5.88 Å². The third-order valence-electron chi connectivity index (χ3n) is 5.29. The van der Waals surface area contributed by atoms with Crippen molar-refractivity contribution in [2.45, 2.75) is 39.7 Å². The highest BCUT2D eigenvalue weighted by atomic mass is 16.5. The van der Waals surface area contributed by atoms with Crippen LogP contribution in [0, 0.1) is 20.8 Å². The molecule has 2 aliphatic rings. The molecule has 4 rings (SSSR count). The van der Waals surface area contributed by atoms with Gasteiger partial charge >= 0.3 is 0 Å². The van der Waals surface area contributed by atoms with Crippen LogP contribution in [0.2, 0.25) is 0 Å². The van der Waals surface area contributed by atoms with E-state index in [2.05, 4.69) is 50.7 Å². The number of aryl methyl sites for hydroxylation is 3. The molecular formula is C20H27N5O. The van der Waals surface area contributed by atoms with Crippen molar-refractivity contribution >= 4 is 5.69 Å². The van der Waals surface area contributed by atoms with Crippen molar-refractivity contribution in [2.75, 3.05) is 37.6 Å². The van der Waals surface area contributed by atoms with Crippen molar-refractivity contribution in [1.29, 1.82) is 0 Å². The summed E-state index contributed by atoms with van der Waals surface area (Å²) in [6.45, 7) is 11.3. The van der Waals surface area contributed by atoms with Gasteiger partial charge in [-0.1, -0.05) is 0 Å². The van der Waals surface area contributed by atoms with Crippen molar-refractivity contribution in [3.63, 3.8) is 0 Å². The maximum Gasteiger partial charge on any atom is 0.220 e. The SMILES string of the molecule is Cc1cc(N2CCCN(CC3Cc4c(C)nc(C)nc4O3)CC2)ccn1. The van der Waals surface area contributed by atoms with E-state index in [9.17, 15) is 0 Å². The number of ether oxygens (including phenoxy) is 1. The monoisotopic (exact) mass is 353 g/mol. The van der Waals surface area contributed by atoms with Crippen LogP contribution in [0.15, 0.2) is 18.3 Å². The number of anilines is 1. The van der Waals surface area contributed by atoms with Crippen LogP contribution in [0.3, 0.4) is 0 Å². The minimum atomic E-state index is 0.189. The quantitative estimate of drug-likeness (QED) is 0.844. The Kier molecular flexibility index (Phi) is 4.76. The van der Waals surface area contributed by atoms with E-state index in [1.165, 1.54) is 17.7 Å². The molecule has 26 heavy (non-hydrogen) atoms. The average molecular weight is 353 g/mol. The first-order chi connectivity index (χ1) is 12.6. The molecule has 6 heteroatoms. The Morgan fingerprint density at radius 1 is 1.12 bits per heavy atom. The van der Waals surface area contributed by atoms with Gasteiger partial charge < -0.3 is 9.64 Å². The van der Waals surface area contributed by atoms with Crippen molar-refractivity contribution in [1.82, 2.24) is 19.9 Å². The summed E-state index contributed by atoms with van der Waals surface area (Å²) in [5.74, 6) is 1.59. The van der Waals surface area contributed by atoms with E-state index >= 15 is 0 Å². The fourth-order valence-electron chi connectivity index (χ4n) is 3.99. The maximum atomic E-state index is 6.12. The Labute approximate surface area is 155 Å². The summed E-state index contributed by atoms with van der Waals surface area (Å²) in [7, 11) is 0. The van der Waals surface area contributed by atoms with E-state index in [1.54, 1.807) is 0 Å². The Balaban J connectivity index is 1.36. The minimum Gasteiger partial charge on any atom is -0.472 e. The molecule has 0 amide bonds. The van der Waals surface area contributed by atoms with Crippen molar-refractivity contribution in [3.05, 3.63) is 41.1 Å².